The maximum atomic E-state index is 6.12. The average molecular weight is 336 g/mol. The summed E-state index contributed by atoms with van der Waals surface area (Å²) >= 11 is 0. The number of nitrogens with zero attached hydrogens (tertiary/aromatic N) is 2. The first-order chi connectivity index (χ1) is 9.34. The highest BCUT2D eigenvalue weighted by atomic mass is 35.5. The van der Waals surface area contributed by atoms with E-state index in [1.54, 1.807) is 0 Å². The van der Waals surface area contributed by atoms with Gasteiger partial charge in [0.25, 0.3) is 0 Å². The van der Waals surface area contributed by atoms with Crippen LogP contribution in [0.5, 0.6) is 0 Å². The summed E-state index contributed by atoms with van der Waals surface area (Å²) in [5.74, 6) is 0. The summed E-state index contributed by atoms with van der Waals surface area (Å²) in [5.41, 5.74) is 9.34. The normalized spacial score (nSPS) is 18.7. The third kappa shape index (κ3) is 4.30. The topological polar surface area (TPSA) is 51.0 Å². The fraction of sp³-hybridized carbons (Fsp3) is 0.571. The van der Waals surface area contributed by atoms with Crippen molar-refractivity contribution in [2.24, 2.45) is 0 Å². The van der Waals surface area contributed by atoms with E-state index in [4.69, 9.17) is 15.2 Å². The molecule has 120 valence electrons. The number of anilines is 3. The van der Waals surface area contributed by atoms with Crippen LogP contribution in [0.2, 0.25) is 0 Å². The second-order valence-electron chi connectivity index (χ2n) is 4.94. The van der Waals surface area contributed by atoms with Gasteiger partial charge in [0.2, 0.25) is 0 Å². The van der Waals surface area contributed by atoms with E-state index < -0.39 is 0 Å². The number of ether oxygens (including phenoxy) is 2. The standard InChI is InChI=1S/C14H21N3O2.2ClH/c15-13-2-1-12(16-3-7-18-8-4-16)11-14(13)17-5-9-19-10-6-17;;/h1-2,11H,3-10,15H2;2*1H. The molecule has 1 aromatic rings. The van der Waals surface area contributed by atoms with Crippen LogP contribution in [0, 0.1) is 0 Å². The fourth-order valence-electron chi connectivity index (χ4n) is 2.63. The molecule has 7 heteroatoms. The molecule has 2 N–H and O–H groups in total. The van der Waals surface area contributed by atoms with E-state index in [-0.39, 0.29) is 24.8 Å². The molecule has 2 saturated heterocycles. The van der Waals surface area contributed by atoms with Crippen molar-refractivity contribution in [1.82, 2.24) is 0 Å². The number of nitrogen functional groups attached to an aromatic ring is 1. The van der Waals surface area contributed by atoms with Crippen LogP contribution >= 0.6 is 24.8 Å². The van der Waals surface area contributed by atoms with Gasteiger partial charge in [0, 0.05) is 31.9 Å². The predicted octanol–water partition coefficient (Wildman–Crippen LogP) is 1.79. The molecule has 0 unspecified atom stereocenters. The highest BCUT2D eigenvalue weighted by Gasteiger charge is 2.17. The number of morpholine rings is 2. The molecule has 2 aliphatic rings. The summed E-state index contributed by atoms with van der Waals surface area (Å²) in [6.45, 7) is 6.89. The van der Waals surface area contributed by atoms with Gasteiger partial charge in [-0.1, -0.05) is 0 Å². The lowest BCUT2D eigenvalue weighted by molar-refractivity contribution is 0.122. The van der Waals surface area contributed by atoms with Gasteiger partial charge in [0.05, 0.1) is 37.8 Å². The molecule has 0 radical (unpaired) electrons. The molecule has 0 spiro atoms. The van der Waals surface area contributed by atoms with Crippen LogP contribution in [-0.2, 0) is 9.47 Å². The van der Waals surface area contributed by atoms with Gasteiger partial charge in [0.15, 0.2) is 0 Å². The molecule has 0 bridgehead atoms. The lowest BCUT2D eigenvalue weighted by Crippen LogP contribution is -2.38. The largest absolute Gasteiger partial charge is 0.397 e. The Hall–Kier alpha value is -0.880. The fourth-order valence-corrected chi connectivity index (χ4v) is 2.63. The highest BCUT2D eigenvalue weighted by Crippen LogP contribution is 2.29. The van der Waals surface area contributed by atoms with Gasteiger partial charge in [-0.15, -0.1) is 24.8 Å². The van der Waals surface area contributed by atoms with Crippen LogP contribution < -0.4 is 15.5 Å². The second-order valence-corrected chi connectivity index (χ2v) is 4.94. The molecule has 2 aliphatic heterocycles. The molecule has 2 fully saturated rings. The minimum absolute atomic E-state index is 0. The summed E-state index contributed by atoms with van der Waals surface area (Å²) in [5, 5.41) is 0. The first kappa shape index (κ1) is 18.2. The summed E-state index contributed by atoms with van der Waals surface area (Å²) in [6, 6.07) is 6.31. The van der Waals surface area contributed by atoms with Crippen LogP contribution in [0.3, 0.4) is 0 Å². The Bertz CT molecular complexity index is 436. The van der Waals surface area contributed by atoms with Gasteiger partial charge >= 0.3 is 0 Å². The van der Waals surface area contributed by atoms with Crippen molar-refractivity contribution < 1.29 is 9.47 Å². The van der Waals surface area contributed by atoms with Crippen molar-refractivity contribution in [3.8, 4) is 0 Å². The number of halogens is 2. The lowest BCUT2D eigenvalue weighted by Gasteiger charge is -2.33. The number of nitrogens with two attached hydrogens (primary N) is 1. The van der Waals surface area contributed by atoms with Gasteiger partial charge in [-0.05, 0) is 18.2 Å². The molecule has 3 rings (SSSR count). The van der Waals surface area contributed by atoms with Crippen molar-refractivity contribution in [2.75, 3.05) is 68.1 Å². The van der Waals surface area contributed by atoms with E-state index in [0.29, 0.717) is 0 Å². The maximum absolute atomic E-state index is 6.12. The van der Waals surface area contributed by atoms with E-state index in [9.17, 15) is 0 Å². The van der Waals surface area contributed by atoms with Crippen LogP contribution in [0.4, 0.5) is 17.1 Å². The number of rotatable bonds is 2. The molecule has 1 aromatic carbocycles. The second kappa shape index (κ2) is 8.54. The zero-order valence-corrected chi connectivity index (χ0v) is 13.6. The molecule has 0 amide bonds. The van der Waals surface area contributed by atoms with E-state index in [1.165, 1.54) is 5.69 Å². The first-order valence-corrected chi connectivity index (χ1v) is 6.89. The van der Waals surface area contributed by atoms with E-state index >= 15 is 0 Å². The van der Waals surface area contributed by atoms with Crippen molar-refractivity contribution in [3.05, 3.63) is 18.2 Å². The number of hydrogen-bond donors (Lipinski definition) is 1. The van der Waals surface area contributed by atoms with Crippen molar-refractivity contribution in [1.29, 1.82) is 0 Å². The zero-order chi connectivity index (χ0) is 13.1. The van der Waals surface area contributed by atoms with E-state index in [0.717, 1.165) is 64.0 Å². The van der Waals surface area contributed by atoms with Gasteiger partial charge in [0.1, 0.15) is 0 Å². The monoisotopic (exact) mass is 335 g/mol. The summed E-state index contributed by atoms with van der Waals surface area (Å²) in [6.07, 6.45) is 0. The Morgan fingerprint density at radius 2 is 1.33 bits per heavy atom. The highest BCUT2D eigenvalue weighted by molar-refractivity contribution is 5.85. The third-order valence-corrected chi connectivity index (χ3v) is 3.74. The molecule has 2 heterocycles. The van der Waals surface area contributed by atoms with Crippen LogP contribution in [-0.4, -0.2) is 52.6 Å². The quantitative estimate of drug-likeness (QED) is 0.835. The Morgan fingerprint density at radius 3 is 1.90 bits per heavy atom. The van der Waals surface area contributed by atoms with Gasteiger partial charge < -0.3 is 25.0 Å². The maximum Gasteiger partial charge on any atom is 0.0642 e. The Kier molecular flexibility index (Phi) is 7.39. The molecular formula is C14H23Cl2N3O2. The SMILES string of the molecule is Cl.Cl.Nc1ccc(N2CCOCC2)cc1N1CCOCC1. The average Bonchev–Trinajstić information content (AvgIpc) is 2.49. The molecular weight excluding hydrogens is 313 g/mol. The van der Waals surface area contributed by atoms with E-state index in [1.807, 2.05) is 6.07 Å². The minimum atomic E-state index is 0. The van der Waals surface area contributed by atoms with Crippen LogP contribution in [0.15, 0.2) is 18.2 Å². The Balaban J connectivity index is 0.00000110. The van der Waals surface area contributed by atoms with Gasteiger partial charge in [-0.25, -0.2) is 0 Å². The third-order valence-electron chi connectivity index (χ3n) is 3.74. The Labute approximate surface area is 138 Å². The van der Waals surface area contributed by atoms with Crippen LogP contribution in [0.25, 0.3) is 0 Å². The first-order valence-electron chi connectivity index (χ1n) is 6.89. The van der Waals surface area contributed by atoms with Crippen molar-refractivity contribution in [3.63, 3.8) is 0 Å². The van der Waals surface area contributed by atoms with Crippen molar-refractivity contribution >= 4 is 41.9 Å². The lowest BCUT2D eigenvalue weighted by atomic mass is 10.2. The smallest absolute Gasteiger partial charge is 0.0642 e. The molecule has 21 heavy (non-hydrogen) atoms. The molecule has 0 atom stereocenters. The van der Waals surface area contributed by atoms with E-state index in [2.05, 4.69) is 21.9 Å². The number of benzene rings is 1. The summed E-state index contributed by atoms with van der Waals surface area (Å²) in [4.78, 5) is 4.66. The van der Waals surface area contributed by atoms with Crippen LogP contribution in [0.1, 0.15) is 0 Å². The minimum Gasteiger partial charge on any atom is -0.397 e. The number of hydrogen-bond acceptors (Lipinski definition) is 5. The molecule has 0 aromatic heterocycles. The predicted molar refractivity (Wildman–Crippen MR) is 91.4 cm³/mol. The van der Waals surface area contributed by atoms with Gasteiger partial charge in [-0.2, -0.15) is 0 Å². The molecule has 0 aliphatic carbocycles. The van der Waals surface area contributed by atoms with Gasteiger partial charge in [-0.3, -0.25) is 0 Å². The van der Waals surface area contributed by atoms with Crippen molar-refractivity contribution in [2.45, 2.75) is 0 Å². The molecule has 5 nitrogen and oxygen atoms in total. The Morgan fingerprint density at radius 1 is 0.810 bits per heavy atom. The summed E-state index contributed by atoms with van der Waals surface area (Å²) < 4.78 is 10.8. The summed E-state index contributed by atoms with van der Waals surface area (Å²) in [7, 11) is 0. The molecule has 0 saturated carbocycles. The zero-order valence-electron chi connectivity index (χ0n) is 12.0.